The van der Waals surface area contributed by atoms with Crippen LogP contribution in [0.3, 0.4) is 0 Å². The van der Waals surface area contributed by atoms with Gasteiger partial charge in [0.25, 0.3) is 0 Å². The summed E-state index contributed by atoms with van der Waals surface area (Å²) in [6.07, 6.45) is 1.29. The maximum atomic E-state index is 5.60. The lowest BCUT2D eigenvalue weighted by Gasteiger charge is -2.23. The highest BCUT2D eigenvalue weighted by Crippen LogP contribution is 2.06. The minimum absolute atomic E-state index is 0.326. The molecule has 1 N–H and O–H groups in total. The molecule has 1 atom stereocenters. The van der Waals surface area contributed by atoms with Crippen molar-refractivity contribution < 1.29 is 4.74 Å². The number of benzene rings is 1. The molecule has 1 fully saturated rings. The Morgan fingerprint density at radius 1 is 1.54 bits per heavy atom. The number of rotatable bonds is 2. The SMILES string of the molecule is [c]1ccccc1CC1CNCCO1. The lowest BCUT2D eigenvalue weighted by Crippen LogP contribution is -2.39. The molecule has 0 bridgehead atoms. The molecular formula is C11H14NO. The average Bonchev–Trinajstić information content (AvgIpc) is 2.21. The first kappa shape index (κ1) is 8.73. The Morgan fingerprint density at radius 2 is 2.54 bits per heavy atom. The molecule has 13 heavy (non-hydrogen) atoms. The molecule has 0 aromatic heterocycles. The molecule has 1 aliphatic heterocycles. The molecular weight excluding hydrogens is 162 g/mol. The molecule has 2 nitrogen and oxygen atoms in total. The van der Waals surface area contributed by atoms with Gasteiger partial charge in [-0.05, 0) is 11.6 Å². The maximum Gasteiger partial charge on any atom is 0.0740 e. The highest BCUT2D eigenvalue weighted by atomic mass is 16.5. The number of hydrogen-bond donors (Lipinski definition) is 1. The largest absolute Gasteiger partial charge is 0.375 e. The van der Waals surface area contributed by atoms with Crippen LogP contribution in [0, 0.1) is 6.07 Å². The number of ether oxygens (including phenoxy) is 1. The molecule has 0 saturated carbocycles. The smallest absolute Gasteiger partial charge is 0.0740 e. The summed E-state index contributed by atoms with van der Waals surface area (Å²) in [7, 11) is 0. The Hall–Kier alpha value is -0.860. The molecule has 0 spiro atoms. The molecule has 1 radical (unpaired) electrons. The summed E-state index contributed by atoms with van der Waals surface area (Å²) in [4.78, 5) is 0. The molecule has 0 aliphatic carbocycles. The normalized spacial score (nSPS) is 22.9. The van der Waals surface area contributed by atoms with Crippen LogP contribution in [0.1, 0.15) is 5.56 Å². The van der Waals surface area contributed by atoms with E-state index in [0.717, 1.165) is 26.1 Å². The van der Waals surface area contributed by atoms with Crippen molar-refractivity contribution in [3.8, 4) is 0 Å². The van der Waals surface area contributed by atoms with E-state index in [1.807, 2.05) is 18.2 Å². The summed E-state index contributed by atoms with van der Waals surface area (Å²) in [5, 5.41) is 3.32. The summed E-state index contributed by atoms with van der Waals surface area (Å²) in [5.41, 5.74) is 1.23. The standard InChI is InChI=1S/C11H14NO/c1-2-4-10(5-3-1)8-11-9-12-6-7-13-11/h1-4,11-12H,6-9H2. The minimum atomic E-state index is 0.326. The molecule has 1 saturated heterocycles. The topological polar surface area (TPSA) is 21.3 Å². The van der Waals surface area contributed by atoms with Gasteiger partial charge in [0.05, 0.1) is 12.7 Å². The van der Waals surface area contributed by atoms with Gasteiger partial charge in [0, 0.05) is 19.5 Å². The van der Waals surface area contributed by atoms with E-state index in [-0.39, 0.29) is 0 Å². The van der Waals surface area contributed by atoms with Gasteiger partial charge >= 0.3 is 0 Å². The van der Waals surface area contributed by atoms with E-state index in [4.69, 9.17) is 4.74 Å². The van der Waals surface area contributed by atoms with Crippen LogP contribution >= 0.6 is 0 Å². The Labute approximate surface area is 78.9 Å². The molecule has 1 aromatic rings. The second-order valence-corrected chi connectivity index (χ2v) is 3.29. The van der Waals surface area contributed by atoms with E-state index in [1.54, 1.807) is 0 Å². The first-order valence-electron chi connectivity index (χ1n) is 4.73. The summed E-state index contributed by atoms with van der Waals surface area (Å²) in [6, 6.07) is 11.3. The van der Waals surface area contributed by atoms with Crippen molar-refractivity contribution >= 4 is 0 Å². The lowest BCUT2D eigenvalue weighted by atomic mass is 10.1. The van der Waals surface area contributed by atoms with Gasteiger partial charge < -0.3 is 10.1 Å². The highest BCUT2D eigenvalue weighted by Gasteiger charge is 2.13. The van der Waals surface area contributed by atoms with Crippen molar-refractivity contribution in [2.45, 2.75) is 12.5 Å². The van der Waals surface area contributed by atoms with Crippen molar-refractivity contribution in [1.82, 2.24) is 5.32 Å². The number of morpholine rings is 1. The van der Waals surface area contributed by atoms with Gasteiger partial charge in [0.2, 0.25) is 0 Å². The predicted octanol–water partition coefficient (Wildman–Crippen LogP) is 1.02. The van der Waals surface area contributed by atoms with Crippen LogP contribution in [0.5, 0.6) is 0 Å². The third-order valence-electron chi connectivity index (χ3n) is 2.23. The molecule has 2 rings (SSSR count). The summed E-state index contributed by atoms with van der Waals surface area (Å²) in [5.74, 6) is 0. The van der Waals surface area contributed by atoms with Crippen LogP contribution in [0.15, 0.2) is 24.3 Å². The summed E-state index contributed by atoms with van der Waals surface area (Å²) in [6.45, 7) is 2.77. The van der Waals surface area contributed by atoms with Crippen molar-refractivity contribution in [1.29, 1.82) is 0 Å². The highest BCUT2D eigenvalue weighted by molar-refractivity contribution is 5.14. The molecule has 1 aliphatic rings. The molecule has 1 aromatic carbocycles. The van der Waals surface area contributed by atoms with Crippen LogP contribution in [0.4, 0.5) is 0 Å². The van der Waals surface area contributed by atoms with E-state index < -0.39 is 0 Å². The van der Waals surface area contributed by atoms with Gasteiger partial charge in [-0.3, -0.25) is 0 Å². The van der Waals surface area contributed by atoms with E-state index >= 15 is 0 Å². The lowest BCUT2D eigenvalue weighted by molar-refractivity contribution is 0.0292. The first-order chi connectivity index (χ1) is 6.45. The second-order valence-electron chi connectivity index (χ2n) is 3.29. The number of nitrogens with one attached hydrogen (secondary N) is 1. The Kier molecular flexibility index (Phi) is 2.95. The van der Waals surface area contributed by atoms with Crippen molar-refractivity contribution in [3.63, 3.8) is 0 Å². The van der Waals surface area contributed by atoms with Crippen LogP contribution in [0.25, 0.3) is 0 Å². The Balaban J connectivity index is 1.90. The zero-order chi connectivity index (χ0) is 8.93. The summed E-state index contributed by atoms with van der Waals surface area (Å²) >= 11 is 0. The molecule has 1 unspecified atom stereocenters. The quantitative estimate of drug-likeness (QED) is 0.726. The van der Waals surface area contributed by atoms with Gasteiger partial charge in [-0.2, -0.15) is 0 Å². The molecule has 2 heteroatoms. The van der Waals surface area contributed by atoms with Crippen LogP contribution in [-0.2, 0) is 11.2 Å². The zero-order valence-corrected chi connectivity index (χ0v) is 7.62. The van der Waals surface area contributed by atoms with Crippen LogP contribution < -0.4 is 5.32 Å². The second kappa shape index (κ2) is 4.40. The zero-order valence-electron chi connectivity index (χ0n) is 7.62. The van der Waals surface area contributed by atoms with Crippen LogP contribution in [0.2, 0.25) is 0 Å². The third-order valence-corrected chi connectivity index (χ3v) is 2.23. The van der Waals surface area contributed by atoms with E-state index in [0.29, 0.717) is 6.10 Å². The van der Waals surface area contributed by atoms with Crippen molar-refractivity contribution in [2.24, 2.45) is 0 Å². The monoisotopic (exact) mass is 176 g/mol. The van der Waals surface area contributed by atoms with E-state index in [9.17, 15) is 0 Å². The fraction of sp³-hybridized carbons (Fsp3) is 0.455. The van der Waals surface area contributed by atoms with Crippen LogP contribution in [-0.4, -0.2) is 25.8 Å². The van der Waals surface area contributed by atoms with Crippen molar-refractivity contribution in [2.75, 3.05) is 19.7 Å². The molecule has 69 valence electrons. The van der Waals surface area contributed by atoms with Gasteiger partial charge in [0.1, 0.15) is 0 Å². The molecule has 1 heterocycles. The number of hydrogen-bond acceptors (Lipinski definition) is 2. The molecule has 0 amide bonds. The van der Waals surface area contributed by atoms with E-state index in [2.05, 4.69) is 17.4 Å². The predicted molar refractivity (Wildman–Crippen MR) is 51.6 cm³/mol. The third kappa shape index (κ3) is 2.54. The van der Waals surface area contributed by atoms with Gasteiger partial charge in [-0.25, -0.2) is 0 Å². The summed E-state index contributed by atoms with van der Waals surface area (Å²) < 4.78 is 5.60. The first-order valence-corrected chi connectivity index (χ1v) is 4.73. The maximum absolute atomic E-state index is 5.60. The van der Waals surface area contributed by atoms with Gasteiger partial charge in [0.15, 0.2) is 0 Å². The Morgan fingerprint density at radius 3 is 3.23 bits per heavy atom. The average molecular weight is 176 g/mol. The van der Waals surface area contributed by atoms with E-state index in [1.165, 1.54) is 5.56 Å². The fourth-order valence-corrected chi connectivity index (χ4v) is 1.55. The minimum Gasteiger partial charge on any atom is -0.375 e. The fourth-order valence-electron chi connectivity index (χ4n) is 1.55. The Bertz CT molecular complexity index is 242. The van der Waals surface area contributed by atoms with Gasteiger partial charge in [-0.1, -0.05) is 24.3 Å². The van der Waals surface area contributed by atoms with Gasteiger partial charge in [-0.15, -0.1) is 0 Å². The van der Waals surface area contributed by atoms with Crippen molar-refractivity contribution in [3.05, 3.63) is 35.9 Å².